The van der Waals surface area contributed by atoms with Gasteiger partial charge in [0, 0.05) is 31.6 Å². The highest BCUT2D eigenvalue weighted by atomic mass is 32.2. The van der Waals surface area contributed by atoms with E-state index in [0.29, 0.717) is 0 Å². The maximum Gasteiger partial charge on any atom is 0.0547 e. The van der Waals surface area contributed by atoms with Crippen molar-refractivity contribution >= 4 is 44.3 Å². The Morgan fingerprint density at radius 1 is 0.381 bits per heavy atom. The Labute approximate surface area is 248 Å². The molecule has 1 aliphatic heterocycles. The molecule has 0 atom stereocenters. The van der Waals surface area contributed by atoms with Gasteiger partial charge in [-0.2, -0.15) is 0 Å². The van der Waals surface area contributed by atoms with Crippen molar-refractivity contribution in [2.24, 2.45) is 0 Å². The van der Waals surface area contributed by atoms with Gasteiger partial charge in [-0.25, -0.2) is 0 Å². The summed E-state index contributed by atoms with van der Waals surface area (Å²) in [6, 6.07) is 55.4. The van der Waals surface area contributed by atoms with Crippen LogP contribution in [0.2, 0.25) is 0 Å². The van der Waals surface area contributed by atoms with Gasteiger partial charge < -0.3 is 4.57 Å². The number of hydrogen-bond acceptors (Lipinski definition) is 1. The Balaban J connectivity index is 1.28. The summed E-state index contributed by atoms with van der Waals surface area (Å²) in [5.41, 5.74) is 11.3. The first-order chi connectivity index (χ1) is 20.8. The first kappa shape index (κ1) is 23.6. The second kappa shape index (κ2) is 9.24. The van der Waals surface area contributed by atoms with Gasteiger partial charge in [-0.15, -0.1) is 0 Å². The molecule has 0 unspecified atom stereocenters. The molecule has 0 bridgehead atoms. The summed E-state index contributed by atoms with van der Waals surface area (Å²) >= 11 is 1.88. The largest absolute Gasteiger partial charge is 0.309 e. The standard InChI is InChI=1S/C40H25NS/c1-2-11-27(12-3-1)41-36-19-8-6-15-31(36)32-22-21-26(25-37(32)41)28-13-4-5-14-29(28)30-23-24-39-40-34(30)17-10-18-35(40)33-16-7-9-20-38(33)42-39/h1-25H. The van der Waals surface area contributed by atoms with Crippen molar-refractivity contribution in [3.05, 3.63) is 152 Å². The molecule has 2 heteroatoms. The van der Waals surface area contributed by atoms with E-state index in [4.69, 9.17) is 0 Å². The Bertz CT molecular complexity index is 2330. The van der Waals surface area contributed by atoms with E-state index < -0.39 is 0 Å². The van der Waals surface area contributed by atoms with Crippen LogP contribution in [0.1, 0.15) is 0 Å². The second-order valence-corrected chi connectivity index (χ2v) is 12.0. The molecule has 1 aliphatic rings. The van der Waals surface area contributed by atoms with Crippen molar-refractivity contribution < 1.29 is 0 Å². The third kappa shape index (κ3) is 3.46. The number of para-hydroxylation sites is 2. The molecule has 7 aromatic carbocycles. The second-order valence-electron chi connectivity index (χ2n) is 10.9. The lowest BCUT2D eigenvalue weighted by Crippen LogP contribution is -1.95. The lowest BCUT2D eigenvalue weighted by Gasteiger charge is -2.22. The maximum atomic E-state index is 2.40. The minimum absolute atomic E-state index is 1.18. The van der Waals surface area contributed by atoms with Crippen LogP contribution < -0.4 is 0 Å². The zero-order valence-corrected chi connectivity index (χ0v) is 23.6. The van der Waals surface area contributed by atoms with Gasteiger partial charge in [-0.1, -0.05) is 127 Å². The van der Waals surface area contributed by atoms with Gasteiger partial charge in [0.05, 0.1) is 11.0 Å². The SMILES string of the molecule is c1ccc(-n2c3ccccc3c3ccc(-c4ccccc4-c4ccc5c6c(cccc46)-c4ccccc4S5)cc32)cc1. The Morgan fingerprint density at radius 3 is 1.98 bits per heavy atom. The highest BCUT2D eigenvalue weighted by molar-refractivity contribution is 7.99. The molecule has 1 aromatic heterocycles. The molecule has 0 saturated carbocycles. The summed E-state index contributed by atoms with van der Waals surface area (Å²) in [4.78, 5) is 2.65. The Kier molecular flexibility index (Phi) is 5.20. The summed E-state index contributed by atoms with van der Waals surface area (Å²) in [7, 11) is 0. The molecular weight excluding hydrogens is 527 g/mol. The number of hydrogen-bond donors (Lipinski definition) is 0. The lowest BCUT2D eigenvalue weighted by molar-refractivity contribution is 1.18. The van der Waals surface area contributed by atoms with Crippen molar-refractivity contribution in [2.75, 3.05) is 0 Å². The summed E-state index contributed by atoms with van der Waals surface area (Å²) in [6.45, 7) is 0. The summed E-state index contributed by atoms with van der Waals surface area (Å²) < 4.78 is 2.40. The van der Waals surface area contributed by atoms with Gasteiger partial charge >= 0.3 is 0 Å². The molecule has 196 valence electrons. The molecule has 0 saturated heterocycles. The Hall–Kier alpha value is -5.05. The Morgan fingerprint density at radius 2 is 1.07 bits per heavy atom. The molecule has 1 nitrogen and oxygen atoms in total. The van der Waals surface area contributed by atoms with Gasteiger partial charge in [0.2, 0.25) is 0 Å². The quantitative estimate of drug-likeness (QED) is 0.211. The van der Waals surface area contributed by atoms with E-state index in [1.165, 1.54) is 81.4 Å². The average molecular weight is 552 g/mol. The van der Waals surface area contributed by atoms with E-state index in [0.717, 1.165) is 0 Å². The zero-order chi connectivity index (χ0) is 27.6. The lowest BCUT2D eigenvalue weighted by atomic mass is 9.89. The molecule has 0 fully saturated rings. The fraction of sp³-hybridized carbons (Fsp3) is 0. The third-order valence-corrected chi connectivity index (χ3v) is 9.75. The van der Waals surface area contributed by atoms with Gasteiger partial charge in [0.1, 0.15) is 0 Å². The zero-order valence-electron chi connectivity index (χ0n) is 22.8. The van der Waals surface area contributed by atoms with Crippen LogP contribution in [-0.2, 0) is 0 Å². The minimum Gasteiger partial charge on any atom is -0.309 e. The minimum atomic E-state index is 1.18. The summed E-state index contributed by atoms with van der Waals surface area (Å²) in [5, 5.41) is 5.21. The number of nitrogens with zero attached hydrogens (tertiary/aromatic N) is 1. The van der Waals surface area contributed by atoms with Gasteiger partial charge in [0.15, 0.2) is 0 Å². The van der Waals surface area contributed by atoms with Crippen molar-refractivity contribution in [1.29, 1.82) is 0 Å². The maximum absolute atomic E-state index is 2.40. The van der Waals surface area contributed by atoms with Crippen molar-refractivity contribution in [2.45, 2.75) is 9.79 Å². The smallest absolute Gasteiger partial charge is 0.0547 e. The molecule has 0 N–H and O–H groups in total. The molecule has 0 amide bonds. The highest BCUT2D eigenvalue weighted by Gasteiger charge is 2.21. The van der Waals surface area contributed by atoms with E-state index in [9.17, 15) is 0 Å². The van der Waals surface area contributed by atoms with Gasteiger partial charge in [0.25, 0.3) is 0 Å². The normalized spacial score (nSPS) is 12.2. The number of benzene rings is 7. The third-order valence-electron chi connectivity index (χ3n) is 8.62. The molecule has 42 heavy (non-hydrogen) atoms. The molecule has 2 heterocycles. The first-order valence-electron chi connectivity index (χ1n) is 14.4. The van der Waals surface area contributed by atoms with E-state index in [1.807, 2.05) is 11.8 Å². The monoisotopic (exact) mass is 551 g/mol. The van der Waals surface area contributed by atoms with Crippen LogP contribution in [0.4, 0.5) is 0 Å². The average Bonchev–Trinajstić information content (AvgIpc) is 3.39. The van der Waals surface area contributed by atoms with Crippen molar-refractivity contribution in [1.82, 2.24) is 4.57 Å². The topological polar surface area (TPSA) is 4.93 Å². The predicted octanol–water partition coefficient (Wildman–Crippen LogP) is 11.4. The first-order valence-corrected chi connectivity index (χ1v) is 15.2. The fourth-order valence-electron chi connectivity index (χ4n) is 6.78. The predicted molar refractivity (Wildman–Crippen MR) is 179 cm³/mol. The molecule has 8 aromatic rings. The molecule has 0 aliphatic carbocycles. The molecular formula is C40H25NS. The van der Waals surface area contributed by atoms with Crippen molar-refractivity contribution in [3.8, 4) is 39.1 Å². The van der Waals surface area contributed by atoms with Gasteiger partial charge in [-0.05, 0) is 75.2 Å². The van der Waals surface area contributed by atoms with Crippen molar-refractivity contribution in [3.63, 3.8) is 0 Å². The fourth-order valence-corrected chi connectivity index (χ4v) is 7.91. The van der Waals surface area contributed by atoms with Crippen LogP contribution >= 0.6 is 11.8 Å². The summed E-state index contributed by atoms with van der Waals surface area (Å²) in [5.74, 6) is 0. The van der Waals surface area contributed by atoms with Crippen LogP contribution in [0.3, 0.4) is 0 Å². The van der Waals surface area contributed by atoms with E-state index >= 15 is 0 Å². The van der Waals surface area contributed by atoms with E-state index in [-0.39, 0.29) is 0 Å². The molecule has 9 rings (SSSR count). The van der Waals surface area contributed by atoms with Crippen LogP contribution in [-0.4, -0.2) is 4.57 Å². The van der Waals surface area contributed by atoms with Crippen LogP contribution in [0.5, 0.6) is 0 Å². The number of rotatable bonds is 3. The van der Waals surface area contributed by atoms with E-state index in [1.54, 1.807) is 0 Å². The molecule has 0 radical (unpaired) electrons. The van der Waals surface area contributed by atoms with Gasteiger partial charge in [-0.3, -0.25) is 0 Å². The van der Waals surface area contributed by atoms with Crippen LogP contribution in [0.15, 0.2) is 161 Å². The number of aromatic nitrogens is 1. The number of fused-ring (bicyclic) bond motifs is 5. The summed E-state index contributed by atoms with van der Waals surface area (Å²) in [6.07, 6.45) is 0. The molecule has 0 spiro atoms. The van der Waals surface area contributed by atoms with Crippen LogP contribution in [0, 0.1) is 0 Å². The van der Waals surface area contributed by atoms with Crippen LogP contribution in [0.25, 0.3) is 71.6 Å². The highest BCUT2D eigenvalue weighted by Crippen LogP contribution is 2.50. The van der Waals surface area contributed by atoms with E-state index in [2.05, 4.69) is 156 Å².